The molecule has 0 unspecified atom stereocenters. The number of methoxy groups -OCH3 is 1. The van der Waals surface area contributed by atoms with Gasteiger partial charge in [-0.05, 0) is 30.2 Å². The summed E-state index contributed by atoms with van der Waals surface area (Å²) in [6.45, 7) is 0.179. The first-order valence-corrected chi connectivity index (χ1v) is 7.36. The summed E-state index contributed by atoms with van der Waals surface area (Å²) in [6, 6.07) is 13.5. The van der Waals surface area contributed by atoms with Gasteiger partial charge in [0.05, 0.1) is 12.0 Å². The van der Waals surface area contributed by atoms with Crippen molar-refractivity contribution < 1.29 is 19.2 Å². The number of nitrogens with one attached hydrogen (secondary N) is 1. The minimum Gasteiger partial charge on any atom is -0.497 e. The van der Waals surface area contributed by atoms with Crippen LogP contribution >= 0.6 is 0 Å². The highest BCUT2D eigenvalue weighted by atomic mass is 16.6. The Morgan fingerprint density at radius 1 is 1.17 bits per heavy atom. The second-order valence-corrected chi connectivity index (χ2v) is 4.96. The minimum absolute atomic E-state index is 0.0767. The minimum atomic E-state index is -0.545. The van der Waals surface area contributed by atoms with E-state index in [4.69, 9.17) is 9.47 Å². The van der Waals surface area contributed by atoms with Crippen LogP contribution in [-0.2, 0) is 11.2 Å². The molecule has 7 heteroatoms. The van der Waals surface area contributed by atoms with Crippen LogP contribution in [0.4, 0.5) is 5.69 Å². The van der Waals surface area contributed by atoms with Gasteiger partial charge in [0.2, 0.25) is 0 Å². The molecule has 24 heavy (non-hydrogen) atoms. The monoisotopic (exact) mass is 330 g/mol. The van der Waals surface area contributed by atoms with Gasteiger partial charge in [-0.2, -0.15) is 0 Å². The van der Waals surface area contributed by atoms with Crippen LogP contribution in [0.3, 0.4) is 0 Å². The molecule has 0 atom stereocenters. The number of hydrogen-bond donors (Lipinski definition) is 1. The normalized spacial score (nSPS) is 10.0. The van der Waals surface area contributed by atoms with Crippen LogP contribution in [0.5, 0.6) is 11.5 Å². The number of nitro benzene ring substituents is 1. The van der Waals surface area contributed by atoms with Crippen molar-refractivity contribution in [3.8, 4) is 11.5 Å². The lowest BCUT2D eigenvalue weighted by atomic mass is 10.1. The lowest BCUT2D eigenvalue weighted by molar-refractivity contribution is -0.385. The van der Waals surface area contributed by atoms with Crippen molar-refractivity contribution in [1.82, 2.24) is 5.32 Å². The predicted octanol–water partition coefficient (Wildman–Crippen LogP) is 2.34. The smallest absolute Gasteiger partial charge is 0.310 e. The first-order valence-electron chi connectivity index (χ1n) is 7.36. The molecule has 0 heterocycles. The third-order valence-electron chi connectivity index (χ3n) is 3.32. The average molecular weight is 330 g/mol. The van der Waals surface area contributed by atoms with E-state index < -0.39 is 4.92 Å². The molecule has 0 aliphatic carbocycles. The van der Waals surface area contributed by atoms with E-state index >= 15 is 0 Å². The van der Waals surface area contributed by atoms with E-state index in [9.17, 15) is 14.9 Å². The van der Waals surface area contributed by atoms with E-state index in [-0.39, 0.29) is 24.0 Å². The molecule has 0 spiro atoms. The SMILES string of the molecule is COc1ccc(CCNC(=O)COc2ccccc2[N+](=O)[O-])cc1. The molecular weight excluding hydrogens is 312 g/mol. The molecule has 0 radical (unpaired) electrons. The van der Waals surface area contributed by atoms with Gasteiger partial charge in [-0.25, -0.2) is 0 Å². The fourth-order valence-electron chi connectivity index (χ4n) is 2.06. The highest BCUT2D eigenvalue weighted by Crippen LogP contribution is 2.25. The number of rotatable bonds is 8. The van der Waals surface area contributed by atoms with E-state index in [1.54, 1.807) is 19.2 Å². The molecule has 2 rings (SSSR count). The Labute approximate surface area is 139 Å². The molecular formula is C17H18N2O5. The lowest BCUT2D eigenvalue weighted by Gasteiger charge is -2.08. The molecule has 0 saturated carbocycles. The van der Waals surface area contributed by atoms with Gasteiger partial charge in [0.15, 0.2) is 12.4 Å². The summed E-state index contributed by atoms with van der Waals surface area (Å²) in [7, 11) is 1.60. The highest BCUT2D eigenvalue weighted by molar-refractivity contribution is 5.77. The molecule has 1 amide bonds. The van der Waals surface area contributed by atoms with E-state index in [0.29, 0.717) is 13.0 Å². The molecule has 126 valence electrons. The summed E-state index contributed by atoms with van der Waals surface area (Å²) in [5, 5.41) is 13.6. The van der Waals surface area contributed by atoms with Gasteiger partial charge in [0.1, 0.15) is 5.75 Å². The number of carbonyl (C=O) groups excluding carboxylic acids is 1. The zero-order valence-electron chi connectivity index (χ0n) is 13.2. The summed E-state index contributed by atoms with van der Waals surface area (Å²) in [4.78, 5) is 22.1. The summed E-state index contributed by atoms with van der Waals surface area (Å²) in [5.41, 5.74) is 0.902. The van der Waals surface area contributed by atoms with Crippen molar-refractivity contribution >= 4 is 11.6 Å². The Balaban J connectivity index is 1.76. The van der Waals surface area contributed by atoms with E-state index in [1.807, 2.05) is 24.3 Å². The van der Waals surface area contributed by atoms with Crippen molar-refractivity contribution in [1.29, 1.82) is 0 Å². The second kappa shape index (κ2) is 8.52. The standard InChI is InChI=1S/C17H18N2O5/c1-23-14-8-6-13(7-9-14)10-11-18-17(20)12-24-16-5-3-2-4-15(16)19(21)22/h2-9H,10-12H2,1H3,(H,18,20). The molecule has 0 aromatic heterocycles. The number of para-hydroxylation sites is 2. The second-order valence-electron chi connectivity index (χ2n) is 4.96. The Kier molecular flexibility index (Phi) is 6.13. The molecule has 0 fully saturated rings. The van der Waals surface area contributed by atoms with Gasteiger partial charge in [-0.3, -0.25) is 14.9 Å². The van der Waals surface area contributed by atoms with E-state index in [0.717, 1.165) is 11.3 Å². The number of amides is 1. The summed E-state index contributed by atoms with van der Waals surface area (Å²) in [6.07, 6.45) is 0.668. The first kappa shape index (κ1) is 17.3. The number of nitro groups is 1. The van der Waals surface area contributed by atoms with E-state index in [1.165, 1.54) is 12.1 Å². The van der Waals surface area contributed by atoms with Gasteiger partial charge >= 0.3 is 5.69 Å². The van der Waals surface area contributed by atoms with Gasteiger partial charge in [-0.1, -0.05) is 24.3 Å². The first-order chi connectivity index (χ1) is 11.6. The summed E-state index contributed by atoms with van der Waals surface area (Å²) < 4.78 is 10.3. The fourth-order valence-corrected chi connectivity index (χ4v) is 2.06. The van der Waals surface area contributed by atoms with Crippen LogP contribution in [-0.4, -0.2) is 31.1 Å². The zero-order chi connectivity index (χ0) is 17.4. The summed E-state index contributed by atoms with van der Waals surface area (Å²) in [5.74, 6) is 0.523. The number of ether oxygens (including phenoxy) is 2. The Morgan fingerprint density at radius 2 is 1.88 bits per heavy atom. The molecule has 0 aliphatic rings. The number of nitrogens with zero attached hydrogens (tertiary/aromatic N) is 1. The zero-order valence-corrected chi connectivity index (χ0v) is 13.2. The van der Waals surface area contributed by atoms with Crippen molar-refractivity contribution in [3.05, 3.63) is 64.2 Å². The van der Waals surface area contributed by atoms with Gasteiger partial charge in [0.25, 0.3) is 5.91 Å². The highest BCUT2D eigenvalue weighted by Gasteiger charge is 2.14. The van der Waals surface area contributed by atoms with Gasteiger partial charge in [-0.15, -0.1) is 0 Å². The molecule has 0 saturated heterocycles. The molecule has 0 bridgehead atoms. The van der Waals surface area contributed by atoms with Crippen LogP contribution in [0.15, 0.2) is 48.5 Å². The maximum absolute atomic E-state index is 11.8. The molecule has 1 N–H and O–H groups in total. The lowest BCUT2D eigenvalue weighted by Crippen LogP contribution is -2.30. The third kappa shape index (κ3) is 4.98. The molecule has 2 aromatic rings. The van der Waals surface area contributed by atoms with Crippen LogP contribution in [0.2, 0.25) is 0 Å². The summed E-state index contributed by atoms with van der Waals surface area (Å²) >= 11 is 0. The number of carbonyl (C=O) groups is 1. The van der Waals surface area contributed by atoms with Crippen LogP contribution in [0.25, 0.3) is 0 Å². The number of benzene rings is 2. The average Bonchev–Trinajstić information content (AvgIpc) is 2.60. The van der Waals surface area contributed by atoms with Gasteiger partial charge in [0, 0.05) is 12.6 Å². The van der Waals surface area contributed by atoms with Crippen molar-refractivity contribution in [2.45, 2.75) is 6.42 Å². The molecule has 7 nitrogen and oxygen atoms in total. The maximum atomic E-state index is 11.8. The van der Waals surface area contributed by atoms with E-state index in [2.05, 4.69) is 5.32 Å². The Hall–Kier alpha value is -3.09. The van der Waals surface area contributed by atoms with Crippen LogP contribution < -0.4 is 14.8 Å². The van der Waals surface area contributed by atoms with Crippen molar-refractivity contribution in [3.63, 3.8) is 0 Å². The Morgan fingerprint density at radius 3 is 2.54 bits per heavy atom. The number of hydrogen-bond acceptors (Lipinski definition) is 5. The van der Waals surface area contributed by atoms with Gasteiger partial charge < -0.3 is 14.8 Å². The topological polar surface area (TPSA) is 90.7 Å². The quantitative estimate of drug-likeness (QED) is 0.592. The van der Waals surface area contributed by atoms with Crippen LogP contribution in [0.1, 0.15) is 5.56 Å². The largest absolute Gasteiger partial charge is 0.497 e. The molecule has 2 aromatic carbocycles. The van der Waals surface area contributed by atoms with Crippen molar-refractivity contribution in [2.24, 2.45) is 0 Å². The maximum Gasteiger partial charge on any atom is 0.310 e. The Bertz CT molecular complexity index is 700. The fraction of sp³-hybridized carbons (Fsp3) is 0.235. The van der Waals surface area contributed by atoms with Crippen LogP contribution in [0, 0.1) is 10.1 Å². The molecule has 0 aliphatic heterocycles. The third-order valence-corrected chi connectivity index (χ3v) is 3.32. The van der Waals surface area contributed by atoms with Crippen molar-refractivity contribution in [2.75, 3.05) is 20.3 Å². The predicted molar refractivity (Wildman–Crippen MR) is 88.3 cm³/mol.